The number of allylic oxidation sites excluding steroid dienone is 3. The lowest BCUT2D eigenvalue weighted by atomic mass is 10.0. The average molecular weight is 898 g/mol. The number of carbonyl (C=O) groups excluding carboxylic acids is 1. The first-order chi connectivity index (χ1) is 30.0. The summed E-state index contributed by atoms with van der Waals surface area (Å²) >= 11 is 0. The van der Waals surface area contributed by atoms with Crippen molar-refractivity contribution in [2.75, 3.05) is 40.9 Å². The molecule has 0 radical (unpaired) electrons. The molecule has 0 rings (SSSR count). The van der Waals surface area contributed by atoms with Gasteiger partial charge in [0.15, 0.2) is 0 Å². The van der Waals surface area contributed by atoms with Crippen LogP contribution >= 0.6 is 7.82 Å². The molecule has 0 heterocycles. The number of quaternary nitrogens is 1. The van der Waals surface area contributed by atoms with Crippen LogP contribution in [0.5, 0.6) is 0 Å². The third-order valence-corrected chi connectivity index (χ3v) is 13.1. The van der Waals surface area contributed by atoms with Gasteiger partial charge in [0.2, 0.25) is 5.91 Å². The number of hydrogen-bond donors (Lipinski definition) is 3. The molecule has 8 nitrogen and oxygen atoms in total. The Labute approximate surface area is 385 Å². The van der Waals surface area contributed by atoms with Crippen molar-refractivity contribution in [3.05, 3.63) is 24.3 Å². The topological polar surface area (TPSA) is 105 Å². The maximum Gasteiger partial charge on any atom is 0.472 e. The quantitative estimate of drug-likeness (QED) is 0.0243. The van der Waals surface area contributed by atoms with Crippen molar-refractivity contribution < 1.29 is 32.9 Å². The van der Waals surface area contributed by atoms with E-state index in [0.717, 1.165) is 38.5 Å². The number of phosphoric ester groups is 1. The fourth-order valence-electron chi connectivity index (χ4n) is 7.92. The number of nitrogens with zero attached hydrogens (tertiary/aromatic N) is 1. The Hall–Kier alpha value is -1.02. The van der Waals surface area contributed by atoms with Crippen molar-refractivity contribution in [2.45, 2.75) is 270 Å². The van der Waals surface area contributed by atoms with Gasteiger partial charge in [-0.05, 0) is 44.9 Å². The highest BCUT2D eigenvalue weighted by Gasteiger charge is 2.27. The fraction of sp³-hybridized carbons (Fsp3) is 0.906. The maximum absolute atomic E-state index is 12.9. The third kappa shape index (κ3) is 47.0. The Balaban J connectivity index is 4.04. The first-order valence-electron chi connectivity index (χ1n) is 26.7. The van der Waals surface area contributed by atoms with Crippen LogP contribution in [-0.2, 0) is 18.4 Å². The molecule has 3 N–H and O–H groups in total. The highest BCUT2D eigenvalue weighted by atomic mass is 31.2. The Bertz CT molecular complexity index is 1060. The van der Waals surface area contributed by atoms with Crippen molar-refractivity contribution in [1.29, 1.82) is 0 Å². The predicted molar refractivity (Wildman–Crippen MR) is 268 cm³/mol. The number of hydrogen-bond acceptors (Lipinski definition) is 5. The van der Waals surface area contributed by atoms with E-state index in [9.17, 15) is 19.4 Å². The molecule has 0 aromatic heterocycles. The van der Waals surface area contributed by atoms with Gasteiger partial charge in [-0.15, -0.1) is 0 Å². The van der Waals surface area contributed by atoms with Crippen molar-refractivity contribution >= 4 is 13.7 Å². The zero-order valence-electron chi connectivity index (χ0n) is 41.9. The van der Waals surface area contributed by atoms with Gasteiger partial charge in [0.1, 0.15) is 13.2 Å². The second-order valence-electron chi connectivity index (χ2n) is 19.6. The normalized spacial score (nSPS) is 14.2. The smallest absolute Gasteiger partial charge is 0.387 e. The monoisotopic (exact) mass is 898 g/mol. The van der Waals surface area contributed by atoms with Gasteiger partial charge in [-0.2, -0.15) is 0 Å². The number of unbranched alkanes of at least 4 members (excludes halogenated alkanes) is 34. The minimum absolute atomic E-state index is 0.0634. The fourth-order valence-corrected chi connectivity index (χ4v) is 8.66. The summed E-state index contributed by atoms with van der Waals surface area (Å²) in [5.41, 5.74) is 0. The lowest BCUT2D eigenvalue weighted by Gasteiger charge is -2.25. The van der Waals surface area contributed by atoms with Crippen LogP contribution in [-0.4, -0.2) is 73.4 Å². The lowest BCUT2D eigenvalue weighted by molar-refractivity contribution is -0.870. The number of amides is 1. The summed E-state index contributed by atoms with van der Waals surface area (Å²) in [6, 6.07) is -0.842. The molecule has 0 aromatic rings. The molecule has 0 aromatic carbocycles. The van der Waals surface area contributed by atoms with E-state index in [-0.39, 0.29) is 19.1 Å². The van der Waals surface area contributed by atoms with E-state index in [0.29, 0.717) is 17.4 Å². The molecule has 0 bridgehead atoms. The summed E-state index contributed by atoms with van der Waals surface area (Å²) in [6.07, 6.45) is 55.7. The minimum Gasteiger partial charge on any atom is -0.387 e. The number of aliphatic hydroxyl groups excluding tert-OH is 1. The molecule has 0 fully saturated rings. The number of phosphoric acid groups is 1. The molecule has 0 aliphatic carbocycles. The van der Waals surface area contributed by atoms with Gasteiger partial charge < -0.3 is 19.8 Å². The van der Waals surface area contributed by atoms with Crippen LogP contribution in [0.25, 0.3) is 0 Å². The molecule has 0 saturated heterocycles. The van der Waals surface area contributed by atoms with E-state index in [1.54, 1.807) is 6.08 Å². The predicted octanol–water partition coefficient (Wildman–Crippen LogP) is 15.6. The Morgan fingerprint density at radius 2 is 0.871 bits per heavy atom. The molecule has 0 aliphatic heterocycles. The van der Waals surface area contributed by atoms with Gasteiger partial charge in [-0.25, -0.2) is 4.57 Å². The Morgan fingerprint density at radius 3 is 1.24 bits per heavy atom. The van der Waals surface area contributed by atoms with Crippen LogP contribution in [0.15, 0.2) is 24.3 Å². The SMILES string of the molecule is CCCCCCCCCC/C=C\CCCCCCCCCCCCCCCCCCCC(=O)NC(COP(=O)(O)OCC[N+](C)(C)C)C(O)/C=C/CCCCCCCCCCC. The van der Waals surface area contributed by atoms with Gasteiger partial charge >= 0.3 is 7.82 Å². The molecule has 368 valence electrons. The Kier molecular flexibility index (Phi) is 44.4. The first-order valence-corrected chi connectivity index (χ1v) is 28.2. The zero-order chi connectivity index (χ0) is 45.7. The number of nitrogens with one attached hydrogen (secondary N) is 1. The maximum atomic E-state index is 12.9. The summed E-state index contributed by atoms with van der Waals surface area (Å²) in [4.78, 5) is 23.2. The van der Waals surface area contributed by atoms with Crippen LogP contribution in [0.3, 0.4) is 0 Å². The van der Waals surface area contributed by atoms with Crippen molar-refractivity contribution in [3.63, 3.8) is 0 Å². The van der Waals surface area contributed by atoms with E-state index in [1.807, 2.05) is 27.2 Å². The van der Waals surface area contributed by atoms with E-state index < -0.39 is 20.0 Å². The molecular formula is C53H106N2O6P+. The second kappa shape index (κ2) is 45.1. The van der Waals surface area contributed by atoms with Gasteiger partial charge in [0.25, 0.3) is 0 Å². The van der Waals surface area contributed by atoms with E-state index >= 15 is 0 Å². The number of aliphatic hydroxyl groups is 1. The minimum atomic E-state index is -4.33. The average Bonchev–Trinajstić information content (AvgIpc) is 3.23. The molecule has 0 saturated carbocycles. The van der Waals surface area contributed by atoms with Gasteiger partial charge in [-0.3, -0.25) is 13.8 Å². The van der Waals surface area contributed by atoms with Crippen molar-refractivity contribution in [3.8, 4) is 0 Å². The van der Waals surface area contributed by atoms with Crippen LogP contribution in [0.1, 0.15) is 258 Å². The van der Waals surface area contributed by atoms with Crippen LogP contribution < -0.4 is 5.32 Å². The number of likely N-dealkylation sites (N-methyl/N-ethyl adjacent to an activating group) is 1. The molecule has 1 amide bonds. The largest absolute Gasteiger partial charge is 0.472 e. The molecule has 3 atom stereocenters. The van der Waals surface area contributed by atoms with E-state index in [4.69, 9.17) is 9.05 Å². The zero-order valence-corrected chi connectivity index (χ0v) is 42.8. The second-order valence-corrected chi connectivity index (χ2v) is 21.1. The molecule has 0 spiro atoms. The summed E-state index contributed by atoms with van der Waals surface area (Å²) in [7, 11) is 1.58. The van der Waals surface area contributed by atoms with Crippen LogP contribution in [0, 0.1) is 0 Å². The van der Waals surface area contributed by atoms with E-state index in [1.165, 1.54) is 199 Å². The van der Waals surface area contributed by atoms with Gasteiger partial charge in [0, 0.05) is 6.42 Å². The summed E-state index contributed by atoms with van der Waals surface area (Å²) in [5, 5.41) is 13.8. The highest BCUT2D eigenvalue weighted by Crippen LogP contribution is 2.43. The van der Waals surface area contributed by atoms with Crippen LogP contribution in [0.4, 0.5) is 0 Å². The summed E-state index contributed by atoms with van der Waals surface area (Å²) < 4.78 is 23.6. The number of rotatable bonds is 49. The third-order valence-electron chi connectivity index (χ3n) is 12.2. The summed E-state index contributed by atoms with van der Waals surface area (Å²) in [5.74, 6) is -0.175. The molecule has 0 aliphatic rings. The molecule has 9 heteroatoms. The highest BCUT2D eigenvalue weighted by molar-refractivity contribution is 7.47. The van der Waals surface area contributed by atoms with E-state index in [2.05, 4.69) is 31.3 Å². The molecular weight excluding hydrogens is 792 g/mol. The number of carbonyl (C=O) groups is 1. The van der Waals surface area contributed by atoms with Gasteiger partial charge in [0.05, 0.1) is 39.9 Å². The summed E-state index contributed by atoms with van der Waals surface area (Å²) in [6.45, 7) is 4.82. The van der Waals surface area contributed by atoms with Gasteiger partial charge in [-0.1, -0.05) is 231 Å². The lowest BCUT2D eigenvalue weighted by Crippen LogP contribution is -2.45. The molecule has 3 unspecified atom stereocenters. The Morgan fingerprint density at radius 1 is 0.532 bits per heavy atom. The van der Waals surface area contributed by atoms with Crippen molar-refractivity contribution in [1.82, 2.24) is 5.32 Å². The standard InChI is InChI=1S/C53H105N2O6P/c1-6-8-10-12-14-16-18-19-20-21-22-23-24-25-26-27-28-29-30-31-32-33-34-35-37-39-41-43-45-47-53(57)54-51(50-61-62(58,59)60-49-48-55(3,4)5)52(56)46-44-42-40-38-36-17-15-13-11-9-7-2/h21-22,44,46,51-52,56H,6-20,23-43,45,47-50H2,1-5H3,(H-,54,57,58,59)/p+1/b22-21-,46-44+. The first kappa shape index (κ1) is 61.0. The van der Waals surface area contributed by atoms with Crippen molar-refractivity contribution in [2.24, 2.45) is 0 Å². The molecule has 62 heavy (non-hydrogen) atoms. The van der Waals surface area contributed by atoms with Crippen LogP contribution in [0.2, 0.25) is 0 Å².